The van der Waals surface area contributed by atoms with E-state index < -0.39 is 0 Å². The highest BCUT2D eigenvalue weighted by Crippen LogP contribution is 2.53. The number of carbonyl (C=O) groups is 3. The summed E-state index contributed by atoms with van der Waals surface area (Å²) in [5, 5.41) is 3.16. The topological polar surface area (TPSA) is 75.7 Å². The maximum absolute atomic E-state index is 13.0. The fourth-order valence-electron chi connectivity index (χ4n) is 4.89. The second kappa shape index (κ2) is 6.99. The van der Waals surface area contributed by atoms with E-state index in [4.69, 9.17) is 16.3 Å². The number of nitrogens with one attached hydrogen (secondary N) is 1. The van der Waals surface area contributed by atoms with Crippen molar-refractivity contribution in [2.24, 2.45) is 23.7 Å². The van der Waals surface area contributed by atoms with Crippen LogP contribution in [0, 0.1) is 23.7 Å². The highest BCUT2D eigenvalue weighted by atomic mass is 35.5. The lowest BCUT2D eigenvalue weighted by molar-refractivity contribution is -0.123. The van der Waals surface area contributed by atoms with Gasteiger partial charge in [0.15, 0.2) is 0 Å². The van der Waals surface area contributed by atoms with Gasteiger partial charge in [-0.05, 0) is 54.7 Å². The van der Waals surface area contributed by atoms with E-state index in [1.165, 1.54) is 12.0 Å². The largest absolute Gasteiger partial charge is 0.495 e. The zero-order valence-electron chi connectivity index (χ0n) is 16.2. The Hall–Kier alpha value is -3.12. The summed E-state index contributed by atoms with van der Waals surface area (Å²) in [6.07, 6.45) is 5.00. The molecule has 0 aromatic heterocycles. The van der Waals surface area contributed by atoms with Gasteiger partial charge in [0.1, 0.15) is 5.75 Å². The minimum atomic E-state index is -0.362. The maximum Gasteiger partial charge on any atom is 0.255 e. The molecule has 7 heteroatoms. The molecule has 2 aliphatic carbocycles. The average Bonchev–Trinajstić information content (AvgIpc) is 3.42. The van der Waals surface area contributed by atoms with Crippen LogP contribution in [0.5, 0.6) is 5.75 Å². The molecule has 3 amide bonds. The van der Waals surface area contributed by atoms with Crippen LogP contribution >= 0.6 is 11.6 Å². The number of benzene rings is 2. The fourth-order valence-corrected chi connectivity index (χ4v) is 5.15. The quantitative estimate of drug-likeness (QED) is 0.598. The molecule has 2 aromatic carbocycles. The van der Waals surface area contributed by atoms with Crippen molar-refractivity contribution in [3.8, 4) is 5.75 Å². The fraction of sp³-hybridized carbons (Fsp3) is 0.261. The van der Waals surface area contributed by atoms with Crippen molar-refractivity contribution >= 4 is 40.7 Å². The lowest BCUT2D eigenvalue weighted by Crippen LogP contribution is -2.33. The number of ether oxygens (including phenoxy) is 1. The van der Waals surface area contributed by atoms with Gasteiger partial charge < -0.3 is 10.1 Å². The van der Waals surface area contributed by atoms with Crippen LogP contribution in [0.4, 0.5) is 11.4 Å². The summed E-state index contributed by atoms with van der Waals surface area (Å²) in [5.74, 6) is -0.433. The monoisotopic (exact) mass is 422 g/mol. The molecule has 0 unspecified atom stereocenters. The molecule has 1 aliphatic heterocycles. The van der Waals surface area contributed by atoms with Crippen LogP contribution in [0.3, 0.4) is 0 Å². The molecule has 1 N–H and O–H groups in total. The lowest BCUT2D eigenvalue weighted by Gasteiger charge is -2.18. The van der Waals surface area contributed by atoms with E-state index in [1.807, 2.05) is 0 Å². The number of fused-ring (bicyclic) bond motifs is 5. The number of methoxy groups -OCH3 is 1. The number of hydrogen-bond acceptors (Lipinski definition) is 4. The van der Waals surface area contributed by atoms with E-state index in [1.54, 1.807) is 42.5 Å². The number of nitrogens with zero attached hydrogens (tertiary/aromatic N) is 1. The Labute approximate surface area is 178 Å². The Morgan fingerprint density at radius 1 is 1.07 bits per heavy atom. The van der Waals surface area contributed by atoms with Crippen LogP contribution in [0.2, 0.25) is 5.02 Å². The van der Waals surface area contributed by atoms with Gasteiger partial charge in [0.05, 0.1) is 29.7 Å². The predicted octanol–water partition coefficient (Wildman–Crippen LogP) is 3.91. The van der Waals surface area contributed by atoms with Gasteiger partial charge in [0.25, 0.3) is 5.91 Å². The Balaban J connectivity index is 1.38. The van der Waals surface area contributed by atoms with E-state index in [9.17, 15) is 14.4 Å². The van der Waals surface area contributed by atoms with Crippen molar-refractivity contribution in [3.63, 3.8) is 0 Å². The number of amides is 3. The molecular formula is C23H19ClN2O4. The summed E-state index contributed by atoms with van der Waals surface area (Å²) < 4.78 is 5.11. The molecular weight excluding hydrogens is 404 g/mol. The van der Waals surface area contributed by atoms with Gasteiger partial charge in [-0.1, -0.05) is 29.8 Å². The second-order valence-corrected chi connectivity index (χ2v) is 8.27. The standard InChI is InChI=1S/C23H19ClN2O4/c1-30-18-8-7-15(11-17(18)24)25-21(27)14-3-2-4-16(10-14)26-22(28)19-12-5-6-13(9-12)20(19)23(26)29/h2-8,10-13,19-20H,9H2,1H3,(H,25,27)/t12-,13-,19+,20+/m0/s1. The van der Waals surface area contributed by atoms with Gasteiger partial charge >= 0.3 is 0 Å². The summed E-state index contributed by atoms with van der Waals surface area (Å²) in [6, 6.07) is 11.5. The van der Waals surface area contributed by atoms with Crippen LogP contribution < -0.4 is 15.0 Å². The maximum atomic E-state index is 13.0. The average molecular weight is 423 g/mol. The van der Waals surface area contributed by atoms with Crippen LogP contribution in [0.1, 0.15) is 16.8 Å². The van der Waals surface area contributed by atoms with E-state index in [0.717, 1.165) is 6.42 Å². The first kappa shape index (κ1) is 18.9. The molecule has 0 spiro atoms. The third kappa shape index (κ3) is 2.82. The van der Waals surface area contributed by atoms with Crippen molar-refractivity contribution in [1.82, 2.24) is 0 Å². The van der Waals surface area contributed by atoms with Gasteiger partial charge in [0.2, 0.25) is 11.8 Å². The van der Waals surface area contributed by atoms with Crippen LogP contribution in [-0.4, -0.2) is 24.8 Å². The first-order chi connectivity index (χ1) is 14.5. The molecule has 30 heavy (non-hydrogen) atoms. The summed E-state index contributed by atoms with van der Waals surface area (Å²) >= 11 is 6.11. The van der Waals surface area contributed by atoms with Gasteiger partial charge in [-0.25, -0.2) is 4.90 Å². The molecule has 152 valence electrons. The van der Waals surface area contributed by atoms with Crippen molar-refractivity contribution in [2.45, 2.75) is 6.42 Å². The molecule has 5 rings (SSSR count). The highest BCUT2D eigenvalue weighted by molar-refractivity contribution is 6.32. The molecule has 6 nitrogen and oxygen atoms in total. The van der Waals surface area contributed by atoms with Gasteiger partial charge in [0, 0.05) is 11.3 Å². The SMILES string of the molecule is COc1ccc(NC(=O)c2cccc(N3C(=O)[C@H]4[C@H](C3=O)[C@H]3C=C[C@H]4C3)c2)cc1Cl. The number of allylic oxidation sites excluding steroid dienone is 2. The van der Waals surface area contributed by atoms with E-state index >= 15 is 0 Å². The van der Waals surface area contributed by atoms with Crippen molar-refractivity contribution < 1.29 is 19.1 Å². The first-order valence-electron chi connectivity index (χ1n) is 9.79. The zero-order chi connectivity index (χ0) is 21.0. The normalized spacial score (nSPS) is 26.3. The first-order valence-corrected chi connectivity index (χ1v) is 10.2. The molecule has 1 saturated carbocycles. The molecule has 3 aliphatic rings. The van der Waals surface area contributed by atoms with E-state index in [-0.39, 0.29) is 41.4 Å². The number of hydrogen-bond donors (Lipinski definition) is 1. The Kier molecular flexibility index (Phi) is 4.40. The molecule has 1 heterocycles. The van der Waals surface area contributed by atoms with Crippen molar-refractivity contribution in [2.75, 3.05) is 17.3 Å². The van der Waals surface area contributed by atoms with E-state index in [2.05, 4.69) is 17.5 Å². The third-order valence-electron chi connectivity index (χ3n) is 6.25. The number of imide groups is 1. The minimum Gasteiger partial charge on any atom is -0.495 e. The highest BCUT2D eigenvalue weighted by Gasteiger charge is 2.59. The number of halogens is 1. The number of anilines is 2. The van der Waals surface area contributed by atoms with Crippen molar-refractivity contribution in [1.29, 1.82) is 0 Å². The third-order valence-corrected chi connectivity index (χ3v) is 6.54. The Morgan fingerprint density at radius 2 is 1.77 bits per heavy atom. The Morgan fingerprint density at radius 3 is 2.40 bits per heavy atom. The summed E-state index contributed by atoms with van der Waals surface area (Å²) in [5.41, 5.74) is 1.29. The lowest BCUT2D eigenvalue weighted by atomic mass is 9.85. The molecule has 1 saturated heterocycles. The molecule has 2 bridgehead atoms. The van der Waals surface area contributed by atoms with Gasteiger partial charge in [-0.2, -0.15) is 0 Å². The van der Waals surface area contributed by atoms with E-state index in [0.29, 0.717) is 27.7 Å². The molecule has 2 fully saturated rings. The Bertz CT molecular complexity index is 1080. The second-order valence-electron chi connectivity index (χ2n) is 7.87. The number of carbonyl (C=O) groups excluding carboxylic acids is 3. The van der Waals surface area contributed by atoms with Crippen LogP contribution in [0.25, 0.3) is 0 Å². The van der Waals surface area contributed by atoms with Gasteiger partial charge in [-0.3, -0.25) is 14.4 Å². The zero-order valence-corrected chi connectivity index (χ0v) is 16.9. The molecule has 2 aromatic rings. The smallest absolute Gasteiger partial charge is 0.255 e. The van der Waals surface area contributed by atoms with Crippen molar-refractivity contribution in [3.05, 3.63) is 65.2 Å². The summed E-state index contributed by atoms with van der Waals surface area (Å²) in [7, 11) is 1.52. The van der Waals surface area contributed by atoms with Crippen LogP contribution in [0.15, 0.2) is 54.6 Å². The van der Waals surface area contributed by atoms with Gasteiger partial charge in [-0.15, -0.1) is 0 Å². The predicted molar refractivity (Wildman–Crippen MR) is 113 cm³/mol. The molecule has 0 radical (unpaired) electrons. The summed E-state index contributed by atoms with van der Waals surface area (Å²) in [4.78, 5) is 40.0. The summed E-state index contributed by atoms with van der Waals surface area (Å²) in [6.45, 7) is 0. The minimum absolute atomic E-state index is 0.146. The molecule has 4 atom stereocenters. The number of rotatable bonds is 4. The van der Waals surface area contributed by atoms with Crippen LogP contribution in [-0.2, 0) is 9.59 Å².